The summed E-state index contributed by atoms with van der Waals surface area (Å²) in [5.74, 6) is 0.414. The Balaban J connectivity index is 1.38. The number of hydrogen-bond donors (Lipinski definition) is 0. The van der Waals surface area contributed by atoms with E-state index in [1.807, 2.05) is 18.5 Å². The van der Waals surface area contributed by atoms with E-state index in [4.69, 9.17) is 9.47 Å². The minimum atomic E-state index is -0.299. The van der Waals surface area contributed by atoms with E-state index in [1.165, 1.54) is 12.1 Å². The van der Waals surface area contributed by atoms with Crippen LogP contribution in [-0.4, -0.2) is 67.5 Å². The lowest BCUT2D eigenvalue weighted by molar-refractivity contribution is -0.271. The molecule has 0 unspecified atom stereocenters. The summed E-state index contributed by atoms with van der Waals surface area (Å²) in [5, 5.41) is 0. The zero-order valence-electron chi connectivity index (χ0n) is 13.7. The molecule has 2 fully saturated rings. The van der Waals surface area contributed by atoms with E-state index in [0.717, 1.165) is 45.6 Å². The van der Waals surface area contributed by atoms with Gasteiger partial charge in [0.15, 0.2) is 5.79 Å². The Morgan fingerprint density at radius 1 is 1.14 bits per heavy atom. The maximum atomic E-state index is 5.47. The van der Waals surface area contributed by atoms with Crippen molar-refractivity contribution in [2.75, 3.05) is 46.9 Å². The van der Waals surface area contributed by atoms with Crippen molar-refractivity contribution in [1.82, 2.24) is 14.8 Å². The zero-order valence-corrected chi connectivity index (χ0v) is 13.7. The van der Waals surface area contributed by atoms with Crippen LogP contribution in [0.15, 0.2) is 24.5 Å². The molecule has 0 amide bonds. The normalized spacial score (nSPS) is 23.4. The summed E-state index contributed by atoms with van der Waals surface area (Å²) in [7, 11) is 3.49. The predicted molar refractivity (Wildman–Crippen MR) is 85.4 cm³/mol. The van der Waals surface area contributed by atoms with Gasteiger partial charge in [-0.25, -0.2) is 0 Å². The van der Waals surface area contributed by atoms with Gasteiger partial charge in [0.05, 0.1) is 0 Å². The second-order valence-corrected chi connectivity index (χ2v) is 6.53. The summed E-state index contributed by atoms with van der Waals surface area (Å²) < 4.78 is 10.9. The number of ether oxygens (including phenoxy) is 2. The van der Waals surface area contributed by atoms with Gasteiger partial charge in [-0.15, -0.1) is 0 Å². The Bertz CT molecular complexity index is 448. The standard InChI is InChI=1S/C17H27N3O2/c1-21-17(22-2)10-16(11-17)14-20-8-6-19(7-9-20)13-15-4-3-5-18-12-15/h3-5,12,16H,6-11,13-14H2,1-2H3. The second kappa shape index (κ2) is 7.04. The van der Waals surface area contributed by atoms with Gasteiger partial charge >= 0.3 is 0 Å². The summed E-state index contributed by atoms with van der Waals surface area (Å²) in [6.45, 7) is 6.78. The van der Waals surface area contributed by atoms with E-state index in [9.17, 15) is 0 Å². The van der Waals surface area contributed by atoms with Gasteiger partial charge in [0.25, 0.3) is 0 Å². The van der Waals surface area contributed by atoms with Crippen LogP contribution >= 0.6 is 0 Å². The highest BCUT2D eigenvalue weighted by Crippen LogP contribution is 2.41. The molecule has 1 aromatic rings. The smallest absolute Gasteiger partial charge is 0.168 e. The minimum Gasteiger partial charge on any atom is -0.353 e. The molecule has 122 valence electrons. The van der Waals surface area contributed by atoms with Crippen LogP contribution in [0.5, 0.6) is 0 Å². The maximum absolute atomic E-state index is 5.47. The van der Waals surface area contributed by atoms with Crippen LogP contribution in [0.1, 0.15) is 18.4 Å². The average molecular weight is 305 g/mol. The third-order valence-corrected chi connectivity index (χ3v) is 5.05. The summed E-state index contributed by atoms with van der Waals surface area (Å²) in [6.07, 6.45) is 5.85. The fraction of sp³-hybridized carbons (Fsp3) is 0.706. The number of nitrogens with zero attached hydrogens (tertiary/aromatic N) is 3. The molecule has 0 bridgehead atoms. The molecule has 1 aliphatic carbocycles. The molecule has 2 aliphatic rings. The fourth-order valence-electron chi connectivity index (χ4n) is 3.61. The quantitative estimate of drug-likeness (QED) is 0.746. The molecule has 5 nitrogen and oxygen atoms in total. The first kappa shape index (κ1) is 15.9. The maximum Gasteiger partial charge on any atom is 0.168 e. The molecule has 3 rings (SSSR count). The number of methoxy groups -OCH3 is 2. The number of rotatable bonds is 6. The van der Waals surface area contributed by atoms with Gasteiger partial charge < -0.3 is 14.4 Å². The van der Waals surface area contributed by atoms with Crippen molar-refractivity contribution in [3.8, 4) is 0 Å². The molecule has 0 spiro atoms. The van der Waals surface area contributed by atoms with E-state index >= 15 is 0 Å². The highest BCUT2D eigenvalue weighted by Gasteiger charge is 2.45. The van der Waals surface area contributed by atoms with E-state index in [1.54, 1.807) is 14.2 Å². The molecule has 2 heterocycles. The molecule has 5 heteroatoms. The van der Waals surface area contributed by atoms with Gasteiger partial charge in [0, 0.05) is 78.7 Å². The first-order valence-electron chi connectivity index (χ1n) is 8.17. The highest BCUT2D eigenvalue weighted by molar-refractivity contribution is 5.08. The SMILES string of the molecule is COC1(OC)CC(CN2CCN(Cc3cccnc3)CC2)C1. The summed E-state index contributed by atoms with van der Waals surface area (Å²) in [5.41, 5.74) is 1.31. The molecule has 0 aromatic carbocycles. The van der Waals surface area contributed by atoms with Crippen LogP contribution < -0.4 is 0 Å². The lowest BCUT2D eigenvalue weighted by Gasteiger charge is -2.47. The lowest BCUT2D eigenvalue weighted by atomic mass is 9.78. The molecule has 0 atom stereocenters. The Morgan fingerprint density at radius 3 is 2.41 bits per heavy atom. The topological polar surface area (TPSA) is 37.8 Å². The third-order valence-electron chi connectivity index (χ3n) is 5.05. The highest BCUT2D eigenvalue weighted by atomic mass is 16.7. The molecule has 1 saturated heterocycles. The first-order chi connectivity index (χ1) is 10.7. The van der Waals surface area contributed by atoms with Crippen LogP contribution in [0.3, 0.4) is 0 Å². The van der Waals surface area contributed by atoms with Crippen molar-refractivity contribution in [3.63, 3.8) is 0 Å². The van der Waals surface area contributed by atoms with Crippen LogP contribution in [0.2, 0.25) is 0 Å². The summed E-state index contributed by atoms with van der Waals surface area (Å²) in [6, 6.07) is 4.17. The van der Waals surface area contributed by atoms with Gasteiger partial charge in [-0.1, -0.05) is 6.07 Å². The molecule has 1 saturated carbocycles. The molecular formula is C17H27N3O2. The lowest BCUT2D eigenvalue weighted by Crippen LogP contribution is -2.53. The van der Waals surface area contributed by atoms with Crippen LogP contribution in [0.4, 0.5) is 0 Å². The van der Waals surface area contributed by atoms with E-state index in [2.05, 4.69) is 20.9 Å². The predicted octanol–water partition coefficient (Wildman–Crippen LogP) is 1.60. The Labute approximate surface area is 133 Å². The fourth-order valence-corrected chi connectivity index (χ4v) is 3.61. The van der Waals surface area contributed by atoms with E-state index in [-0.39, 0.29) is 5.79 Å². The molecule has 1 aliphatic heterocycles. The Morgan fingerprint density at radius 2 is 1.82 bits per heavy atom. The molecular weight excluding hydrogens is 278 g/mol. The molecule has 22 heavy (non-hydrogen) atoms. The Kier molecular flexibility index (Phi) is 5.08. The monoisotopic (exact) mass is 305 g/mol. The molecule has 0 radical (unpaired) electrons. The zero-order chi connectivity index (χ0) is 15.4. The Hall–Kier alpha value is -1.01. The largest absolute Gasteiger partial charge is 0.353 e. The molecule has 0 N–H and O–H groups in total. The van der Waals surface area contributed by atoms with Crippen LogP contribution in [-0.2, 0) is 16.0 Å². The van der Waals surface area contributed by atoms with Crippen molar-refractivity contribution >= 4 is 0 Å². The van der Waals surface area contributed by atoms with Crippen LogP contribution in [0.25, 0.3) is 0 Å². The minimum absolute atomic E-state index is 0.299. The molecule has 1 aromatic heterocycles. The van der Waals surface area contributed by atoms with Gasteiger partial charge in [-0.05, 0) is 17.5 Å². The van der Waals surface area contributed by atoms with Crippen molar-refractivity contribution in [2.24, 2.45) is 5.92 Å². The summed E-state index contributed by atoms with van der Waals surface area (Å²) in [4.78, 5) is 9.29. The van der Waals surface area contributed by atoms with Crippen molar-refractivity contribution in [2.45, 2.75) is 25.2 Å². The number of pyridine rings is 1. The number of piperazine rings is 1. The van der Waals surface area contributed by atoms with Gasteiger partial charge in [0.2, 0.25) is 0 Å². The van der Waals surface area contributed by atoms with E-state index in [0.29, 0.717) is 5.92 Å². The van der Waals surface area contributed by atoms with E-state index < -0.39 is 0 Å². The van der Waals surface area contributed by atoms with Gasteiger partial charge in [0.1, 0.15) is 0 Å². The van der Waals surface area contributed by atoms with Gasteiger partial charge in [-0.3, -0.25) is 9.88 Å². The van der Waals surface area contributed by atoms with Crippen LogP contribution in [0, 0.1) is 5.92 Å². The van der Waals surface area contributed by atoms with Gasteiger partial charge in [-0.2, -0.15) is 0 Å². The summed E-state index contributed by atoms with van der Waals surface area (Å²) >= 11 is 0. The van der Waals surface area contributed by atoms with Crippen molar-refractivity contribution in [1.29, 1.82) is 0 Å². The third kappa shape index (κ3) is 3.66. The average Bonchev–Trinajstić information content (AvgIpc) is 2.53. The van der Waals surface area contributed by atoms with Crippen molar-refractivity contribution in [3.05, 3.63) is 30.1 Å². The number of hydrogen-bond acceptors (Lipinski definition) is 5. The second-order valence-electron chi connectivity index (χ2n) is 6.53. The first-order valence-corrected chi connectivity index (χ1v) is 8.17. The van der Waals surface area contributed by atoms with Crippen molar-refractivity contribution < 1.29 is 9.47 Å². The number of aromatic nitrogens is 1.